The third kappa shape index (κ3) is 3.60. The average molecular weight is 287 g/mol. The van der Waals surface area contributed by atoms with Gasteiger partial charge in [0.05, 0.1) is 0 Å². The molecule has 0 spiro atoms. The molecule has 4 nitrogen and oxygen atoms in total. The van der Waals surface area contributed by atoms with Crippen LogP contribution in [0.3, 0.4) is 0 Å². The Hall–Kier alpha value is -2.35. The molecule has 2 aromatic rings. The average Bonchev–Trinajstić information content (AvgIpc) is 2.91. The molecular weight excluding hydrogens is 269 g/mol. The molecule has 0 radical (unpaired) electrons. The molecule has 21 heavy (non-hydrogen) atoms. The molecular formula is C16H18FN3O. The van der Waals surface area contributed by atoms with E-state index in [2.05, 4.69) is 24.1 Å². The van der Waals surface area contributed by atoms with E-state index < -0.39 is 0 Å². The largest absolute Gasteiger partial charge is 0.424 e. The van der Waals surface area contributed by atoms with Crippen LogP contribution >= 0.6 is 0 Å². The lowest BCUT2D eigenvalue weighted by Gasteiger charge is -2.06. The maximum Gasteiger partial charge on any atom is 0.232 e. The third-order valence-corrected chi connectivity index (χ3v) is 3.45. The zero-order valence-corrected chi connectivity index (χ0v) is 12.2. The van der Waals surface area contributed by atoms with E-state index in [0.717, 1.165) is 18.4 Å². The summed E-state index contributed by atoms with van der Waals surface area (Å²) in [5, 5.41) is 12.2. The second kappa shape index (κ2) is 6.89. The van der Waals surface area contributed by atoms with E-state index in [0.29, 0.717) is 18.3 Å². The van der Waals surface area contributed by atoms with E-state index in [1.165, 1.54) is 12.1 Å². The van der Waals surface area contributed by atoms with Crippen molar-refractivity contribution in [3.05, 3.63) is 47.2 Å². The molecule has 0 aliphatic carbocycles. The Morgan fingerprint density at radius 3 is 2.52 bits per heavy atom. The Kier molecular flexibility index (Phi) is 4.94. The monoisotopic (exact) mass is 287 g/mol. The first-order valence-electron chi connectivity index (χ1n) is 7.07. The number of nitriles is 1. The Labute approximate surface area is 123 Å². The predicted octanol–water partition coefficient (Wildman–Crippen LogP) is 4.20. The fourth-order valence-corrected chi connectivity index (χ4v) is 2.13. The number of hydrogen-bond donors (Lipinski definition) is 1. The van der Waals surface area contributed by atoms with Gasteiger partial charge in [0.15, 0.2) is 0 Å². The minimum Gasteiger partial charge on any atom is -0.424 e. The molecule has 0 aliphatic rings. The number of hydrogen-bond acceptors (Lipinski definition) is 4. The summed E-state index contributed by atoms with van der Waals surface area (Å²) in [6.07, 6.45) is 1.83. The van der Waals surface area contributed by atoms with Gasteiger partial charge in [0.2, 0.25) is 17.5 Å². The lowest BCUT2D eigenvalue weighted by atomic mass is 10.0. The Balaban J connectivity index is 2.12. The molecule has 0 amide bonds. The highest BCUT2D eigenvalue weighted by atomic mass is 19.1. The summed E-state index contributed by atoms with van der Waals surface area (Å²) in [5.41, 5.74) is 1.17. The van der Waals surface area contributed by atoms with Crippen molar-refractivity contribution in [3.8, 4) is 6.07 Å². The summed E-state index contributed by atoms with van der Waals surface area (Å²) in [4.78, 5) is 4.25. The van der Waals surface area contributed by atoms with Crippen molar-refractivity contribution < 1.29 is 8.81 Å². The van der Waals surface area contributed by atoms with E-state index >= 15 is 0 Å². The van der Waals surface area contributed by atoms with Crippen molar-refractivity contribution in [2.45, 2.75) is 39.2 Å². The van der Waals surface area contributed by atoms with Crippen LogP contribution in [-0.4, -0.2) is 4.98 Å². The molecule has 5 heteroatoms. The van der Waals surface area contributed by atoms with Gasteiger partial charge in [0.1, 0.15) is 11.9 Å². The van der Waals surface area contributed by atoms with Gasteiger partial charge in [-0.1, -0.05) is 26.0 Å². The minimum absolute atomic E-state index is 0.221. The molecule has 0 saturated heterocycles. The summed E-state index contributed by atoms with van der Waals surface area (Å²) >= 11 is 0. The zero-order chi connectivity index (χ0) is 15.2. The highest BCUT2D eigenvalue weighted by Gasteiger charge is 2.18. The summed E-state index contributed by atoms with van der Waals surface area (Å²) < 4.78 is 18.5. The molecule has 0 unspecified atom stereocenters. The van der Waals surface area contributed by atoms with E-state index in [9.17, 15) is 4.39 Å². The minimum atomic E-state index is -0.271. The van der Waals surface area contributed by atoms with Crippen molar-refractivity contribution in [1.29, 1.82) is 5.26 Å². The van der Waals surface area contributed by atoms with Gasteiger partial charge in [-0.15, -0.1) is 0 Å². The van der Waals surface area contributed by atoms with Gasteiger partial charge in [-0.3, -0.25) is 0 Å². The topological polar surface area (TPSA) is 61.9 Å². The predicted molar refractivity (Wildman–Crippen MR) is 78.3 cm³/mol. The summed E-state index contributed by atoms with van der Waals surface area (Å²) in [6.45, 7) is 4.58. The number of nitrogens with zero attached hydrogens (tertiary/aromatic N) is 2. The molecule has 110 valence electrons. The first-order chi connectivity index (χ1) is 10.2. The fraction of sp³-hybridized carbons (Fsp3) is 0.375. The van der Waals surface area contributed by atoms with E-state index in [4.69, 9.17) is 9.68 Å². The third-order valence-electron chi connectivity index (χ3n) is 3.45. The number of aromatic nitrogens is 1. The number of oxazole rings is 1. The van der Waals surface area contributed by atoms with Crippen molar-refractivity contribution in [3.63, 3.8) is 0 Å². The smallest absolute Gasteiger partial charge is 0.232 e. The van der Waals surface area contributed by atoms with Crippen LogP contribution in [0.5, 0.6) is 0 Å². The molecule has 0 fully saturated rings. The molecule has 0 atom stereocenters. The quantitative estimate of drug-likeness (QED) is 0.864. The first kappa shape index (κ1) is 15.0. The Morgan fingerprint density at radius 2 is 1.95 bits per heavy atom. The van der Waals surface area contributed by atoms with E-state index in [1.54, 1.807) is 12.1 Å². The highest BCUT2D eigenvalue weighted by molar-refractivity contribution is 5.46. The molecule has 1 N–H and O–H groups in total. The van der Waals surface area contributed by atoms with E-state index in [1.807, 2.05) is 6.07 Å². The molecule has 2 rings (SSSR count). The zero-order valence-electron chi connectivity index (χ0n) is 12.2. The second-order valence-corrected chi connectivity index (χ2v) is 4.84. The summed E-state index contributed by atoms with van der Waals surface area (Å²) in [7, 11) is 0. The number of benzene rings is 1. The summed E-state index contributed by atoms with van der Waals surface area (Å²) in [6, 6.07) is 8.21. The molecule has 1 aromatic carbocycles. The van der Waals surface area contributed by atoms with Crippen LogP contribution in [0.1, 0.15) is 49.8 Å². The van der Waals surface area contributed by atoms with Crippen LogP contribution in [0.25, 0.3) is 0 Å². The van der Waals surface area contributed by atoms with E-state index in [-0.39, 0.29) is 17.4 Å². The molecule has 0 bridgehead atoms. The lowest BCUT2D eigenvalue weighted by molar-refractivity contribution is 0.439. The molecule has 1 aromatic heterocycles. The Bertz CT molecular complexity index is 624. The second-order valence-electron chi connectivity index (χ2n) is 4.84. The van der Waals surface area contributed by atoms with Gasteiger partial charge in [-0.25, -0.2) is 9.37 Å². The lowest BCUT2D eigenvalue weighted by Crippen LogP contribution is -1.99. The van der Waals surface area contributed by atoms with Gasteiger partial charge in [0.25, 0.3) is 0 Å². The highest BCUT2D eigenvalue weighted by Crippen LogP contribution is 2.27. The van der Waals surface area contributed by atoms with Gasteiger partial charge in [0, 0.05) is 12.5 Å². The summed E-state index contributed by atoms with van der Waals surface area (Å²) in [5.74, 6) is 0.924. The van der Waals surface area contributed by atoms with Crippen molar-refractivity contribution in [2.24, 2.45) is 0 Å². The van der Waals surface area contributed by atoms with Crippen LogP contribution in [0.4, 0.5) is 10.3 Å². The van der Waals surface area contributed by atoms with Crippen LogP contribution in [0.15, 0.2) is 28.7 Å². The maximum atomic E-state index is 12.8. The van der Waals surface area contributed by atoms with Crippen LogP contribution in [0.2, 0.25) is 0 Å². The number of halogens is 1. The molecule has 1 heterocycles. The maximum absolute atomic E-state index is 12.8. The molecule has 0 saturated carbocycles. The van der Waals surface area contributed by atoms with Gasteiger partial charge >= 0.3 is 0 Å². The molecule has 0 aliphatic heterocycles. The van der Waals surface area contributed by atoms with Crippen molar-refractivity contribution in [1.82, 2.24) is 4.98 Å². The first-order valence-corrected chi connectivity index (χ1v) is 7.07. The van der Waals surface area contributed by atoms with Gasteiger partial charge in [-0.05, 0) is 30.5 Å². The van der Waals surface area contributed by atoms with Gasteiger partial charge < -0.3 is 9.73 Å². The van der Waals surface area contributed by atoms with Crippen molar-refractivity contribution in [2.75, 3.05) is 5.32 Å². The normalized spacial score (nSPS) is 10.6. The van der Waals surface area contributed by atoms with Crippen LogP contribution in [-0.2, 0) is 6.54 Å². The number of rotatable bonds is 6. The van der Waals surface area contributed by atoms with Crippen LogP contribution in [0, 0.1) is 17.1 Å². The SMILES string of the molecule is CCC(CC)c1nc(C#N)c(NCc2ccc(F)cc2)o1. The number of anilines is 1. The van der Waals surface area contributed by atoms with Crippen molar-refractivity contribution >= 4 is 5.88 Å². The van der Waals surface area contributed by atoms with Gasteiger partial charge in [-0.2, -0.15) is 5.26 Å². The fourth-order valence-electron chi connectivity index (χ4n) is 2.13. The standard InChI is InChI=1S/C16H18FN3O/c1-3-12(4-2)15-20-14(9-18)16(21-15)19-10-11-5-7-13(17)8-6-11/h5-8,12,19H,3-4,10H2,1-2H3. The Morgan fingerprint density at radius 1 is 1.29 bits per heavy atom. The van der Waals surface area contributed by atoms with Crippen LogP contribution < -0.4 is 5.32 Å². The number of nitrogens with one attached hydrogen (secondary N) is 1.